The molecule has 0 amide bonds. The third-order valence-corrected chi connectivity index (χ3v) is 3.07. The summed E-state index contributed by atoms with van der Waals surface area (Å²) < 4.78 is 56.9. The van der Waals surface area contributed by atoms with Crippen LogP contribution in [0.4, 0.5) is 28.9 Å². The number of ether oxygens (including phenoxy) is 1. The van der Waals surface area contributed by atoms with Gasteiger partial charge in [-0.3, -0.25) is 0 Å². The van der Waals surface area contributed by atoms with Gasteiger partial charge >= 0.3 is 0 Å². The molecule has 0 radical (unpaired) electrons. The van der Waals surface area contributed by atoms with Crippen LogP contribution in [-0.2, 0) is 4.74 Å². The van der Waals surface area contributed by atoms with Crippen molar-refractivity contribution in [2.75, 3.05) is 30.4 Å². The molecule has 19 heavy (non-hydrogen) atoms. The van der Waals surface area contributed by atoms with Crippen LogP contribution in [0.1, 0.15) is 6.42 Å². The van der Waals surface area contributed by atoms with Crippen LogP contribution in [0.3, 0.4) is 0 Å². The van der Waals surface area contributed by atoms with Gasteiger partial charge < -0.3 is 15.4 Å². The number of nitrogen functional groups attached to an aromatic ring is 1. The summed E-state index contributed by atoms with van der Waals surface area (Å²) in [5.74, 6) is -1.78. The minimum Gasteiger partial charge on any atom is -0.394 e. The van der Waals surface area contributed by atoms with Crippen LogP contribution >= 0.6 is 0 Å². The second kappa shape index (κ2) is 5.64. The van der Waals surface area contributed by atoms with Crippen molar-refractivity contribution in [3.8, 4) is 0 Å². The summed E-state index contributed by atoms with van der Waals surface area (Å²) in [6.45, 7) is 0.742. The average Bonchev–Trinajstić information content (AvgIpc) is 2.35. The van der Waals surface area contributed by atoms with Gasteiger partial charge in [-0.25, -0.2) is 17.6 Å². The number of anilines is 2. The minimum absolute atomic E-state index is 0.109. The Morgan fingerprint density at radius 3 is 2.53 bits per heavy atom. The first-order valence-corrected chi connectivity index (χ1v) is 5.86. The Morgan fingerprint density at radius 1 is 1.32 bits per heavy atom. The first-order valence-electron chi connectivity index (χ1n) is 5.86. The summed E-state index contributed by atoms with van der Waals surface area (Å²) >= 11 is 0. The van der Waals surface area contributed by atoms with Gasteiger partial charge in [0.1, 0.15) is 5.69 Å². The van der Waals surface area contributed by atoms with Gasteiger partial charge in [0.05, 0.1) is 19.3 Å². The van der Waals surface area contributed by atoms with E-state index in [0.717, 1.165) is 12.1 Å². The molecule has 1 saturated heterocycles. The molecule has 2 N–H and O–H groups in total. The Hall–Kier alpha value is -1.50. The minimum atomic E-state index is -2.50. The topological polar surface area (TPSA) is 38.5 Å². The number of nitrogens with two attached hydrogens (primary N) is 1. The molecular weight excluding hydrogens is 264 g/mol. The Bertz CT molecular complexity index is 432. The molecule has 0 aliphatic carbocycles. The van der Waals surface area contributed by atoms with Crippen LogP contribution < -0.4 is 10.6 Å². The highest BCUT2D eigenvalue weighted by Gasteiger charge is 2.27. The standard InChI is InChI=1S/C12H14F4N2O/c13-9-3-7(4-10(14)12(9)17)18-1-2-19-6-8(18)5-11(15)16/h3-4,8,11H,1-2,5-6,17H2. The SMILES string of the molecule is Nc1c(F)cc(N2CCOCC2CC(F)F)cc1F. The predicted molar refractivity (Wildman–Crippen MR) is 63.3 cm³/mol. The van der Waals surface area contributed by atoms with Crippen molar-refractivity contribution in [2.24, 2.45) is 0 Å². The van der Waals surface area contributed by atoms with Gasteiger partial charge in [-0.2, -0.15) is 0 Å². The molecule has 1 heterocycles. The van der Waals surface area contributed by atoms with E-state index >= 15 is 0 Å². The van der Waals surface area contributed by atoms with E-state index in [0.29, 0.717) is 13.2 Å². The molecule has 0 spiro atoms. The van der Waals surface area contributed by atoms with E-state index in [1.807, 2.05) is 0 Å². The van der Waals surface area contributed by atoms with Gasteiger partial charge in [-0.05, 0) is 12.1 Å². The van der Waals surface area contributed by atoms with Crippen LogP contribution in [-0.4, -0.2) is 32.2 Å². The van der Waals surface area contributed by atoms with Crippen LogP contribution in [0.15, 0.2) is 12.1 Å². The van der Waals surface area contributed by atoms with Crippen LogP contribution in [0.5, 0.6) is 0 Å². The molecule has 106 valence electrons. The van der Waals surface area contributed by atoms with E-state index in [1.54, 1.807) is 0 Å². The predicted octanol–water partition coefficient (Wildman–Crippen LogP) is 2.41. The molecule has 7 heteroatoms. The van der Waals surface area contributed by atoms with Crippen molar-refractivity contribution >= 4 is 11.4 Å². The van der Waals surface area contributed by atoms with Gasteiger partial charge in [0.15, 0.2) is 11.6 Å². The fraction of sp³-hybridized carbons (Fsp3) is 0.500. The smallest absolute Gasteiger partial charge is 0.240 e. The van der Waals surface area contributed by atoms with Crippen LogP contribution in [0, 0.1) is 11.6 Å². The summed E-state index contributed by atoms with van der Waals surface area (Å²) in [5, 5.41) is 0. The zero-order valence-corrected chi connectivity index (χ0v) is 10.1. The summed E-state index contributed by atoms with van der Waals surface area (Å²) in [7, 11) is 0. The van der Waals surface area contributed by atoms with Gasteiger partial charge in [0.25, 0.3) is 0 Å². The van der Waals surface area contributed by atoms with Crippen molar-refractivity contribution < 1.29 is 22.3 Å². The molecule has 1 aromatic carbocycles. The molecule has 0 aromatic heterocycles. The number of morpholine rings is 1. The lowest BCUT2D eigenvalue weighted by molar-refractivity contribution is 0.0584. The number of benzene rings is 1. The summed E-state index contributed by atoms with van der Waals surface area (Å²) in [6.07, 6.45) is -2.91. The fourth-order valence-corrected chi connectivity index (χ4v) is 2.13. The van der Waals surface area contributed by atoms with E-state index in [-0.39, 0.29) is 12.3 Å². The zero-order valence-electron chi connectivity index (χ0n) is 10.1. The van der Waals surface area contributed by atoms with Gasteiger partial charge in [0, 0.05) is 18.7 Å². The summed E-state index contributed by atoms with van der Waals surface area (Å²) in [5.41, 5.74) is 4.82. The third kappa shape index (κ3) is 3.09. The maximum atomic E-state index is 13.4. The number of halogens is 4. The summed E-state index contributed by atoms with van der Waals surface area (Å²) in [6, 6.07) is 1.51. The molecule has 1 aliphatic rings. The Balaban J connectivity index is 2.27. The third-order valence-electron chi connectivity index (χ3n) is 3.07. The highest BCUT2D eigenvalue weighted by atomic mass is 19.3. The van der Waals surface area contributed by atoms with Crippen molar-refractivity contribution in [1.82, 2.24) is 0 Å². The van der Waals surface area contributed by atoms with Gasteiger partial charge in [-0.1, -0.05) is 0 Å². The molecular formula is C12H14F4N2O. The van der Waals surface area contributed by atoms with Crippen LogP contribution in [0.25, 0.3) is 0 Å². The second-order valence-electron chi connectivity index (χ2n) is 4.37. The first-order chi connectivity index (χ1) is 8.99. The number of rotatable bonds is 3. The molecule has 0 saturated carbocycles. The maximum Gasteiger partial charge on any atom is 0.240 e. The van der Waals surface area contributed by atoms with E-state index < -0.39 is 36.2 Å². The average molecular weight is 278 g/mol. The molecule has 1 aliphatic heterocycles. The largest absolute Gasteiger partial charge is 0.394 e. The Labute approximate surface area is 107 Å². The van der Waals surface area contributed by atoms with Gasteiger partial charge in [-0.15, -0.1) is 0 Å². The lowest BCUT2D eigenvalue weighted by Crippen LogP contribution is -2.46. The van der Waals surface area contributed by atoms with Gasteiger partial charge in [0.2, 0.25) is 6.43 Å². The molecule has 1 atom stereocenters. The van der Waals surface area contributed by atoms with E-state index in [4.69, 9.17) is 10.5 Å². The monoisotopic (exact) mass is 278 g/mol. The van der Waals surface area contributed by atoms with Crippen molar-refractivity contribution in [3.05, 3.63) is 23.8 Å². The fourth-order valence-electron chi connectivity index (χ4n) is 2.13. The molecule has 0 bridgehead atoms. The summed E-state index contributed by atoms with van der Waals surface area (Å²) in [4.78, 5) is 1.53. The quantitative estimate of drug-likeness (QED) is 0.681. The molecule has 2 rings (SSSR count). The molecule has 1 unspecified atom stereocenters. The first kappa shape index (κ1) is 13.9. The highest BCUT2D eigenvalue weighted by Crippen LogP contribution is 2.27. The van der Waals surface area contributed by atoms with E-state index in [2.05, 4.69) is 0 Å². The van der Waals surface area contributed by atoms with E-state index in [9.17, 15) is 17.6 Å². The molecule has 3 nitrogen and oxygen atoms in total. The number of hydrogen-bond acceptors (Lipinski definition) is 3. The van der Waals surface area contributed by atoms with Crippen molar-refractivity contribution in [2.45, 2.75) is 18.9 Å². The van der Waals surface area contributed by atoms with Crippen molar-refractivity contribution in [1.29, 1.82) is 0 Å². The highest BCUT2D eigenvalue weighted by molar-refractivity contribution is 5.56. The lowest BCUT2D eigenvalue weighted by Gasteiger charge is -2.37. The Kier molecular flexibility index (Phi) is 4.14. The maximum absolute atomic E-state index is 13.4. The van der Waals surface area contributed by atoms with Crippen LogP contribution in [0.2, 0.25) is 0 Å². The normalized spacial score (nSPS) is 20.1. The Morgan fingerprint density at radius 2 is 1.95 bits per heavy atom. The number of alkyl halides is 2. The van der Waals surface area contributed by atoms with E-state index in [1.165, 1.54) is 4.90 Å². The van der Waals surface area contributed by atoms with Crippen molar-refractivity contribution in [3.63, 3.8) is 0 Å². The zero-order chi connectivity index (χ0) is 14.0. The lowest BCUT2D eigenvalue weighted by atomic mass is 10.1. The molecule has 1 fully saturated rings. The molecule has 1 aromatic rings. The number of hydrogen-bond donors (Lipinski definition) is 1. The second-order valence-corrected chi connectivity index (χ2v) is 4.37. The number of nitrogens with zero attached hydrogens (tertiary/aromatic N) is 1.